The van der Waals surface area contributed by atoms with Gasteiger partial charge in [0.15, 0.2) is 0 Å². The molecule has 0 radical (unpaired) electrons. The van der Waals surface area contributed by atoms with Crippen molar-refractivity contribution in [3.05, 3.63) is 54.1 Å². The van der Waals surface area contributed by atoms with Crippen LogP contribution in [0, 0.1) is 6.92 Å². The third kappa shape index (κ3) is 2.88. The highest BCUT2D eigenvalue weighted by Gasteiger charge is 2.17. The lowest BCUT2D eigenvalue weighted by Gasteiger charge is -2.09. The molecule has 94 valence electrons. The summed E-state index contributed by atoms with van der Waals surface area (Å²) in [4.78, 5) is -0.230. The van der Waals surface area contributed by atoms with Crippen LogP contribution < -0.4 is 4.74 Å². The number of hydrogen-bond donors (Lipinski definition) is 1. The summed E-state index contributed by atoms with van der Waals surface area (Å²) >= 11 is 0. The Labute approximate surface area is 106 Å². The third-order valence-corrected chi connectivity index (χ3v) is 3.22. The quantitative estimate of drug-likeness (QED) is 0.865. The van der Waals surface area contributed by atoms with Crippen LogP contribution in [0.5, 0.6) is 11.5 Å². The van der Waals surface area contributed by atoms with E-state index in [1.165, 1.54) is 12.1 Å². The van der Waals surface area contributed by atoms with Crippen LogP contribution in [0.15, 0.2) is 53.4 Å². The highest BCUT2D eigenvalue weighted by atomic mass is 32.2. The van der Waals surface area contributed by atoms with Crippen molar-refractivity contribution in [2.45, 2.75) is 11.8 Å². The van der Waals surface area contributed by atoms with Gasteiger partial charge in [0.05, 0.1) is 0 Å². The summed E-state index contributed by atoms with van der Waals surface area (Å²) in [5, 5.41) is 0. The zero-order chi connectivity index (χ0) is 13.2. The van der Waals surface area contributed by atoms with Crippen molar-refractivity contribution in [2.24, 2.45) is 0 Å². The summed E-state index contributed by atoms with van der Waals surface area (Å²) in [6.45, 7) is 1.74. The molecule has 5 heteroatoms. The van der Waals surface area contributed by atoms with Gasteiger partial charge in [0.25, 0.3) is 10.1 Å². The van der Waals surface area contributed by atoms with Crippen LogP contribution in [0.3, 0.4) is 0 Å². The van der Waals surface area contributed by atoms with Crippen LogP contribution in [-0.4, -0.2) is 13.0 Å². The number of ether oxygens (including phenoxy) is 1. The molecule has 0 saturated carbocycles. The van der Waals surface area contributed by atoms with E-state index in [0.29, 0.717) is 5.75 Å². The average molecular weight is 264 g/mol. The molecule has 0 spiro atoms. The highest BCUT2D eigenvalue weighted by molar-refractivity contribution is 7.86. The van der Waals surface area contributed by atoms with E-state index >= 15 is 0 Å². The molecule has 2 rings (SSSR count). The molecule has 2 aromatic rings. The molecule has 0 aliphatic heterocycles. The lowest BCUT2D eigenvalue weighted by Crippen LogP contribution is -2.01. The van der Waals surface area contributed by atoms with Gasteiger partial charge in [0.2, 0.25) is 0 Å². The van der Waals surface area contributed by atoms with Crippen LogP contribution in [0.1, 0.15) is 5.56 Å². The van der Waals surface area contributed by atoms with E-state index in [1.54, 1.807) is 37.3 Å². The molecule has 1 N–H and O–H groups in total. The minimum atomic E-state index is -4.30. The number of rotatable bonds is 3. The zero-order valence-corrected chi connectivity index (χ0v) is 10.5. The molecular formula is C13H12O4S. The first-order valence-electron chi connectivity index (χ1n) is 5.28. The first-order valence-corrected chi connectivity index (χ1v) is 6.72. The van der Waals surface area contributed by atoms with Gasteiger partial charge < -0.3 is 4.74 Å². The maximum atomic E-state index is 11.3. The Morgan fingerprint density at radius 3 is 2.33 bits per heavy atom. The first kappa shape index (κ1) is 12.6. The van der Waals surface area contributed by atoms with E-state index in [1.807, 2.05) is 6.07 Å². The van der Waals surface area contributed by atoms with E-state index in [9.17, 15) is 8.42 Å². The minimum absolute atomic E-state index is 0.106. The highest BCUT2D eigenvalue weighted by Crippen LogP contribution is 2.29. The van der Waals surface area contributed by atoms with Crippen molar-refractivity contribution < 1.29 is 17.7 Å². The molecule has 0 bridgehead atoms. The van der Waals surface area contributed by atoms with E-state index in [4.69, 9.17) is 9.29 Å². The topological polar surface area (TPSA) is 63.6 Å². The lowest BCUT2D eigenvalue weighted by atomic mass is 10.2. The monoisotopic (exact) mass is 264 g/mol. The van der Waals surface area contributed by atoms with Gasteiger partial charge in [-0.2, -0.15) is 8.42 Å². The van der Waals surface area contributed by atoms with E-state index in [0.717, 1.165) is 5.56 Å². The normalized spacial score (nSPS) is 11.2. The minimum Gasteiger partial charge on any atom is -0.456 e. The molecule has 0 fully saturated rings. The maximum Gasteiger partial charge on any atom is 0.298 e. The smallest absolute Gasteiger partial charge is 0.298 e. The third-order valence-electron chi connectivity index (χ3n) is 2.35. The van der Waals surface area contributed by atoms with Crippen LogP contribution in [0.4, 0.5) is 0 Å². The molecule has 18 heavy (non-hydrogen) atoms. The van der Waals surface area contributed by atoms with Crippen molar-refractivity contribution in [3.8, 4) is 11.5 Å². The van der Waals surface area contributed by atoms with Crippen molar-refractivity contribution in [3.63, 3.8) is 0 Å². The fraction of sp³-hybridized carbons (Fsp3) is 0.0769. The standard InChI is InChI=1S/C13H12O4S/c1-10-7-8-12(13(9-10)18(14,15)16)17-11-5-3-2-4-6-11/h2-9H,1H3,(H,14,15,16). The van der Waals surface area contributed by atoms with Crippen LogP contribution in [0.25, 0.3) is 0 Å². The average Bonchev–Trinajstić information content (AvgIpc) is 2.31. The largest absolute Gasteiger partial charge is 0.456 e. The Morgan fingerprint density at radius 2 is 1.72 bits per heavy atom. The molecule has 0 atom stereocenters. The predicted octanol–water partition coefficient (Wildman–Crippen LogP) is 3.03. The summed E-state index contributed by atoms with van der Waals surface area (Å²) in [6, 6.07) is 13.4. The van der Waals surface area contributed by atoms with Gasteiger partial charge >= 0.3 is 0 Å². The zero-order valence-electron chi connectivity index (χ0n) is 9.70. The Hall–Kier alpha value is -1.85. The summed E-state index contributed by atoms with van der Waals surface area (Å²) in [5.74, 6) is 0.612. The van der Waals surface area contributed by atoms with Crippen molar-refractivity contribution in [1.29, 1.82) is 0 Å². The Bertz CT molecular complexity index is 648. The fourth-order valence-electron chi connectivity index (χ4n) is 1.52. The molecule has 0 amide bonds. The van der Waals surface area contributed by atoms with Gasteiger partial charge in [0.1, 0.15) is 16.4 Å². The molecule has 0 saturated heterocycles. The summed E-state index contributed by atoms with van der Waals surface area (Å²) in [6.07, 6.45) is 0. The Kier molecular flexibility index (Phi) is 3.36. The molecular weight excluding hydrogens is 252 g/mol. The Morgan fingerprint density at radius 1 is 1.06 bits per heavy atom. The van der Waals surface area contributed by atoms with Crippen LogP contribution >= 0.6 is 0 Å². The van der Waals surface area contributed by atoms with Crippen LogP contribution in [-0.2, 0) is 10.1 Å². The molecule has 0 aliphatic carbocycles. The second kappa shape index (κ2) is 4.80. The van der Waals surface area contributed by atoms with Crippen molar-refractivity contribution in [1.82, 2.24) is 0 Å². The fourth-order valence-corrected chi connectivity index (χ4v) is 2.22. The van der Waals surface area contributed by atoms with Gasteiger partial charge in [-0.15, -0.1) is 0 Å². The van der Waals surface area contributed by atoms with E-state index < -0.39 is 10.1 Å². The SMILES string of the molecule is Cc1ccc(Oc2ccccc2)c(S(=O)(=O)O)c1. The molecule has 0 aromatic heterocycles. The summed E-state index contributed by atoms with van der Waals surface area (Å²) < 4.78 is 37.2. The summed E-state index contributed by atoms with van der Waals surface area (Å²) in [7, 11) is -4.30. The van der Waals surface area contributed by atoms with E-state index in [2.05, 4.69) is 0 Å². The number of hydrogen-bond acceptors (Lipinski definition) is 3. The molecule has 4 nitrogen and oxygen atoms in total. The van der Waals surface area contributed by atoms with Gasteiger partial charge in [-0.05, 0) is 36.8 Å². The second-order valence-electron chi connectivity index (χ2n) is 3.84. The van der Waals surface area contributed by atoms with Gasteiger partial charge in [-0.3, -0.25) is 4.55 Å². The molecule has 0 unspecified atom stereocenters. The van der Waals surface area contributed by atoms with Crippen molar-refractivity contribution >= 4 is 10.1 Å². The summed E-state index contributed by atoms with van der Waals surface area (Å²) in [5.41, 5.74) is 0.725. The second-order valence-corrected chi connectivity index (χ2v) is 5.23. The first-order chi connectivity index (χ1) is 8.47. The van der Waals surface area contributed by atoms with Crippen LogP contribution in [0.2, 0.25) is 0 Å². The van der Waals surface area contributed by atoms with Gasteiger partial charge in [-0.25, -0.2) is 0 Å². The Balaban J connectivity index is 2.46. The number of aryl methyl sites for hydroxylation is 1. The van der Waals surface area contributed by atoms with Gasteiger partial charge in [0, 0.05) is 0 Å². The van der Waals surface area contributed by atoms with Crippen molar-refractivity contribution in [2.75, 3.05) is 0 Å². The number of para-hydroxylation sites is 1. The lowest BCUT2D eigenvalue weighted by molar-refractivity contribution is 0.450. The molecule has 2 aromatic carbocycles. The molecule has 0 aliphatic rings. The predicted molar refractivity (Wildman–Crippen MR) is 67.5 cm³/mol. The van der Waals surface area contributed by atoms with E-state index in [-0.39, 0.29) is 10.6 Å². The molecule has 0 heterocycles. The maximum absolute atomic E-state index is 11.3. The number of benzene rings is 2. The van der Waals surface area contributed by atoms with Gasteiger partial charge in [-0.1, -0.05) is 24.3 Å².